The summed E-state index contributed by atoms with van der Waals surface area (Å²) in [4.78, 5) is 12.1. The second kappa shape index (κ2) is 4.95. The zero-order valence-corrected chi connectivity index (χ0v) is 10.7. The molecule has 3 rings (SSSR count). The standard InChI is InChI=1S/C12H16FN5O2/c13-9-7(3-20)6(2-19)1-8(9)18-5-17-10-11(14)15-4-16-12(10)18/h4-9,19-20H,1-3H2,(H2,14,15,16)/t6-,7?,8?,9-/m1/s1. The summed E-state index contributed by atoms with van der Waals surface area (Å²) in [7, 11) is 0. The molecule has 0 aromatic carbocycles. The van der Waals surface area contributed by atoms with E-state index >= 15 is 0 Å². The van der Waals surface area contributed by atoms with E-state index in [-0.39, 0.29) is 24.9 Å². The van der Waals surface area contributed by atoms with Crippen LogP contribution in [0.2, 0.25) is 0 Å². The van der Waals surface area contributed by atoms with Crippen molar-refractivity contribution in [1.29, 1.82) is 0 Å². The van der Waals surface area contributed by atoms with Crippen LogP contribution in [0, 0.1) is 11.8 Å². The number of aliphatic hydroxyl groups is 2. The first kappa shape index (κ1) is 13.2. The third kappa shape index (κ3) is 1.83. The van der Waals surface area contributed by atoms with E-state index in [2.05, 4.69) is 15.0 Å². The molecular formula is C12H16FN5O2. The van der Waals surface area contributed by atoms with E-state index < -0.39 is 18.1 Å². The first-order valence-corrected chi connectivity index (χ1v) is 6.46. The van der Waals surface area contributed by atoms with Gasteiger partial charge in [-0.2, -0.15) is 0 Å². The normalized spacial score (nSPS) is 30.1. The maximum Gasteiger partial charge on any atom is 0.165 e. The van der Waals surface area contributed by atoms with Crippen LogP contribution in [0.4, 0.5) is 10.2 Å². The number of hydrogen-bond donors (Lipinski definition) is 3. The molecule has 2 heterocycles. The summed E-state index contributed by atoms with van der Waals surface area (Å²) in [6.07, 6.45) is 1.97. The fourth-order valence-electron chi connectivity index (χ4n) is 3.00. The van der Waals surface area contributed by atoms with E-state index in [1.165, 1.54) is 12.7 Å². The van der Waals surface area contributed by atoms with Gasteiger partial charge in [0.25, 0.3) is 0 Å². The van der Waals surface area contributed by atoms with Gasteiger partial charge in [0.05, 0.1) is 12.4 Å². The highest BCUT2D eigenvalue weighted by Gasteiger charge is 2.44. The molecule has 2 aromatic rings. The summed E-state index contributed by atoms with van der Waals surface area (Å²) in [5.41, 5.74) is 6.62. The Bertz CT molecular complexity index is 619. The highest BCUT2D eigenvalue weighted by molar-refractivity contribution is 5.81. The molecule has 1 saturated carbocycles. The minimum atomic E-state index is -1.26. The Morgan fingerprint density at radius 2 is 2.10 bits per heavy atom. The van der Waals surface area contributed by atoms with E-state index in [4.69, 9.17) is 5.73 Å². The van der Waals surface area contributed by atoms with Crippen molar-refractivity contribution in [3.63, 3.8) is 0 Å². The van der Waals surface area contributed by atoms with Crippen molar-refractivity contribution in [1.82, 2.24) is 19.5 Å². The number of imidazole rings is 1. The highest BCUT2D eigenvalue weighted by Crippen LogP contribution is 2.42. The van der Waals surface area contributed by atoms with Gasteiger partial charge in [0.2, 0.25) is 0 Å². The molecule has 2 unspecified atom stereocenters. The van der Waals surface area contributed by atoms with E-state index in [9.17, 15) is 14.6 Å². The summed E-state index contributed by atoms with van der Waals surface area (Å²) in [5, 5.41) is 18.6. The van der Waals surface area contributed by atoms with Crippen LogP contribution in [0.15, 0.2) is 12.7 Å². The van der Waals surface area contributed by atoms with Gasteiger partial charge >= 0.3 is 0 Å². The van der Waals surface area contributed by atoms with Crippen molar-refractivity contribution in [3.05, 3.63) is 12.7 Å². The molecule has 1 fully saturated rings. The van der Waals surface area contributed by atoms with Gasteiger partial charge in [0, 0.05) is 19.1 Å². The molecule has 108 valence electrons. The van der Waals surface area contributed by atoms with Crippen LogP contribution >= 0.6 is 0 Å². The Labute approximate surface area is 114 Å². The van der Waals surface area contributed by atoms with Gasteiger partial charge < -0.3 is 20.5 Å². The average molecular weight is 281 g/mol. The fraction of sp³-hybridized carbons (Fsp3) is 0.583. The van der Waals surface area contributed by atoms with Gasteiger partial charge in [-0.15, -0.1) is 0 Å². The number of hydrogen-bond acceptors (Lipinski definition) is 6. The molecule has 0 amide bonds. The van der Waals surface area contributed by atoms with Crippen LogP contribution in [0.1, 0.15) is 12.5 Å². The second-order valence-corrected chi connectivity index (χ2v) is 5.12. The van der Waals surface area contributed by atoms with Crippen LogP contribution in [0.5, 0.6) is 0 Å². The first-order valence-electron chi connectivity index (χ1n) is 6.46. The van der Waals surface area contributed by atoms with E-state index in [1.807, 2.05) is 0 Å². The molecule has 7 nitrogen and oxygen atoms in total. The summed E-state index contributed by atoms with van der Waals surface area (Å²) >= 11 is 0. The summed E-state index contributed by atoms with van der Waals surface area (Å²) < 4.78 is 16.1. The molecule has 4 atom stereocenters. The monoisotopic (exact) mass is 281 g/mol. The molecule has 0 saturated heterocycles. The summed E-state index contributed by atoms with van der Waals surface area (Å²) in [6.45, 7) is -0.432. The first-order chi connectivity index (χ1) is 9.67. The smallest absolute Gasteiger partial charge is 0.165 e. The Morgan fingerprint density at radius 3 is 2.75 bits per heavy atom. The lowest BCUT2D eigenvalue weighted by Gasteiger charge is -2.18. The average Bonchev–Trinajstić information content (AvgIpc) is 3.00. The molecule has 0 bridgehead atoms. The maximum absolute atomic E-state index is 14.5. The highest BCUT2D eigenvalue weighted by atomic mass is 19.1. The molecule has 0 spiro atoms. The molecule has 0 radical (unpaired) electrons. The predicted molar refractivity (Wildman–Crippen MR) is 69.4 cm³/mol. The third-order valence-corrected chi connectivity index (χ3v) is 4.12. The van der Waals surface area contributed by atoms with Gasteiger partial charge in [-0.25, -0.2) is 19.3 Å². The van der Waals surface area contributed by atoms with Crippen LogP contribution in [0.3, 0.4) is 0 Å². The quantitative estimate of drug-likeness (QED) is 0.725. The van der Waals surface area contributed by atoms with E-state index in [0.717, 1.165) is 0 Å². The molecular weight excluding hydrogens is 265 g/mol. The van der Waals surface area contributed by atoms with Crippen molar-refractivity contribution < 1.29 is 14.6 Å². The minimum Gasteiger partial charge on any atom is -0.396 e. The number of fused-ring (bicyclic) bond motifs is 1. The zero-order valence-electron chi connectivity index (χ0n) is 10.7. The third-order valence-electron chi connectivity index (χ3n) is 4.12. The van der Waals surface area contributed by atoms with Crippen LogP contribution in [-0.2, 0) is 0 Å². The SMILES string of the molecule is Nc1ncnc2c1ncn2C1C[C@H](CO)C(CO)[C@H]1F. The molecule has 8 heteroatoms. The molecule has 1 aliphatic rings. The molecule has 0 aliphatic heterocycles. The van der Waals surface area contributed by atoms with E-state index in [1.54, 1.807) is 4.57 Å². The minimum absolute atomic E-state index is 0.147. The molecule has 4 N–H and O–H groups in total. The topological polar surface area (TPSA) is 110 Å². The Hall–Kier alpha value is -1.80. The van der Waals surface area contributed by atoms with E-state index in [0.29, 0.717) is 17.6 Å². The molecule has 1 aliphatic carbocycles. The number of nitrogens with two attached hydrogens (primary N) is 1. The number of halogens is 1. The summed E-state index contributed by atoms with van der Waals surface area (Å²) in [6, 6.07) is -0.511. The van der Waals surface area contributed by atoms with Crippen molar-refractivity contribution in [2.75, 3.05) is 18.9 Å². The van der Waals surface area contributed by atoms with Crippen molar-refractivity contribution in [2.45, 2.75) is 18.6 Å². The lowest BCUT2D eigenvalue weighted by Crippen LogP contribution is -2.25. The molecule has 20 heavy (non-hydrogen) atoms. The molecule has 2 aromatic heterocycles. The lowest BCUT2D eigenvalue weighted by atomic mass is 9.97. The fourth-order valence-corrected chi connectivity index (χ4v) is 3.00. The van der Waals surface area contributed by atoms with Crippen LogP contribution in [0.25, 0.3) is 11.2 Å². The van der Waals surface area contributed by atoms with Gasteiger partial charge in [0.15, 0.2) is 11.5 Å². The Balaban J connectivity index is 2.01. The Kier molecular flexibility index (Phi) is 3.27. The Morgan fingerprint density at radius 1 is 1.30 bits per heavy atom. The maximum atomic E-state index is 14.5. The number of alkyl halides is 1. The van der Waals surface area contributed by atoms with Gasteiger partial charge in [-0.05, 0) is 12.3 Å². The number of aliphatic hydroxyl groups excluding tert-OH is 2. The van der Waals surface area contributed by atoms with Crippen molar-refractivity contribution >= 4 is 17.0 Å². The predicted octanol–water partition coefficient (Wildman–Crippen LogP) is -0.0916. The number of rotatable bonds is 3. The lowest BCUT2D eigenvalue weighted by molar-refractivity contribution is 0.0957. The van der Waals surface area contributed by atoms with Crippen LogP contribution in [-0.4, -0.2) is 49.1 Å². The number of nitrogens with zero attached hydrogens (tertiary/aromatic N) is 4. The van der Waals surface area contributed by atoms with Crippen molar-refractivity contribution in [2.24, 2.45) is 11.8 Å². The van der Waals surface area contributed by atoms with Gasteiger partial charge in [-0.3, -0.25) is 0 Å². The number of anilines is 1. The van der Waals surface area contributed by atoms with Crippen molar-refractivity contribution in [3.8, 4) is 0 Å². The van der Waals surface area contributed by atoms with Gasteiger partial charge in [-0.1, -0.05) is 0 Å². The largest absolute Gasteiger partial charge is 0.396 e. The summed E-state index contributed by atoms with van der Waals surface area (Å²) in [5.74, 6) is -0.585. The van der Waals surface area contributed by atoms with Crippen LogP contribution < -0.4 is 5.73 Å². The number of aromatic nitrogens is 4. The van der Waals surface area contributed by atoms with Gasteiger partial charge in [0.1, 0.15) is 18.0 Å². The number of nitrogen functional groups attached to an aromatic ring is 1. The zero-order chi connectivity index (χ0) is 14.3. The second-order valence-electron chi connectivity index (χ2n) is 5.12.